The minimum atomic E-state index is -0.560. The number of hydrogen-bond acceptors (Lipinski definition) is 3. The summed E-state index contributed by atoms with van der Waals surface area (Å²) in [7, 11) is 1.94. The molecule has 2 heterocycles. The van der Waals surface area contributed by atoms with E-state index in [-0.39, 0.29) is 16.6 Å². The summed E-state index contributed by atoms with van der Waals surface area (Å²) in [5, 5.41) is 4.06. The minimum Gasteiger partial charge on any atom is -0.378 e. The number of anilines is 1. The van der Waals surface area contributed by atoms with Crippen molar-refractivity contribution in [2.45, 2.75) is 13.0 Å². The molecule has 0 aliphatic heterocycles. The zero-order valence-electron chi connectivity index (χ0n) is 15.3. The van der Waals surface area contributed by atoms with Crippen LogP contribution in [0.15, 0.2) is 59.8 Å². The quantitative estimate of drug-likeness (QED) is 0.516. The van der Waals surface area contributed by atoms with Crippen molar-refractivity contribution in [2.75, 3.05) is 5.32 Å². The molecule has 4 aromatic rings. The fourth-order valence-electron chi connectivity index (χ4n) is 3.27. The number of rotatable bonds is 4. The normalized spacial score (nSPS) is 12.3. The Balaban J connectivity index is 1.66. The third-order valence-electron chi connectivity index (χ3n) is 4.74. The molecule has 5 nitrogen and oxygen atoms in total. The van der Waals surface area contributed by atoms with Gasteiger partial charge in [-0.25, -0.2) is 9.37 Å². The number of nitrogens with one attached hydrogen (secondary N) is 2. The lowest BCUT2D eigenvalue weighted by Gasteiger charge is -2.16. The average Bonchev–Trinajstić information content (AvgIpc) is 3.09. The van der Waals surface area contributed by atoms with Gasteiger partial charge in [-0.15, -0.1) is 0 Å². The largest absolute Gasteiger partial charge is 0.378 e. The molecule has 2 aromatic heterocycles. The fourth-order valence-corrected chi connectivity index (χ4v) is 3.44. The molecule has 0 spiro atoms. The Morgan fingerprint density at radius 2 is 2.07 bits per heavy atom. The third kappa shape index (κ3) is 3.39. The predicted octanol–water partition coefficient (Wildman–Crippen LogP) is 4.89. The lowest BCUT2D eigenvalue weighted by atomic mass is 10.1. The van der Waals surface area contributed by atoms with Gasteiger partial charge in [-0.2, -0.15) is 0 Å². The summed E-state index contributed by atoms with van der Waals surface area (Å²) in [5.41, 5.74) is 3.59. The van der Waals surface area contributed by atoms with Crippen LogP contribution in [0, 0.1) is 5.82 Å². The maximum Gasteiger partial charge on any atom is 0.253 e. The second-order valence-electron chi connectivity index (χ2n) is 6.74. The number of nitrogens with zero attached hydrogens (tertiary/aromatic N) is 2. The molecule has 0 aliphatic carbocycles. The van der Waals surface area contributed by atoms with Crippen molar-refractivity contribution < 1.29 is 4.39 Å². The van der Waals surface area contributed by atoms with E-state index in [1.807, 2.05) is 42.8 Å². The van der Waals surface area contributed by atoms with E-state index in [1.54, 1.807) is 18.6 Å². The molecular weight excluding hydrogens is 379 g/mol. The molecule has 2 N–H and O–H groups in total. The van der Waals surface area contributed by atoms with E-state index in [2.05, 4.69) is 15.3 Å². The summed E-state index contributed by atoms with van der Waals surface area (Å²) >= 11 is 5.88. The first-order valence-corrected chi connectivity index (χ1v) is 9.15. The maximum absolute atomic E-state index is 13.6. The Bertz CT molecular complexity index is 1230. The van der Waals surface area contributed by atoms with Crippen LogP contribution in [-0.4, -0.2) is 14.5 Å². The molecule has 0 amide bonds. The van der Waals surface area contributed by atoms with E-state index < -0.39 is 5.82 Å². The highest BCUT2D eigenvalue weighted by molar-refractivity contribution is 6.31. The second kappa shape index (κ2) is 7.13. The maximum atomic E-state index is 13.6. The number of aromatic amines is 1. The summed E-state index contributed by atoms with van der Waals surface area (Å²) in [5.74, 6) is -0.560. The molecule has 2 aromatic carbocycles. The van der Waals surface area contributed by atoms with Crippen LogP contribution in [-0.2, 0) is 7.05 Å². The first kappa shape index (κ1) is 18.3. The van der Waals surface area contributed by atoms with Gasteiger partial charge in [-0.1, -0.05) is 23.7 Å². The summed E-state index contributed by atoms with van der Waals surface area (Å²) in [6, 6.07) is 12.1. The molecule has 0 saturated heterocycles. The minimum absolute atomic E-state index is 0.0231. The monoisotopic (exact) mass is 396 g/mol. The van der Waals surface area contributed by atoms with Crippen LogP contribution in [0.2, 0.25) is 5.02 Å². The number of H-pyrrole nitrogens is 1. The third-order valence-corrected chi connectivity index (χ3v) is 5.03. The van der Waals surface area contributed by atoms with Crippen molar-refractivity contribution >= 4 is 28.2 Å². The fraction of sp³-hybridized carbons (Fsp3) is 0.143. The molecule has 0 unspecified atom stereocenters. The van der Waals surface area contributed by atoms with Gasteiger partial charge in [0.25, 0.3) is 5.56 Å². The molecule has 4 rings (SSSR count). The van der Waals surface area contributed by atoms with E-state index >= 15 is 0 Å². The van der Waals surface area contributed by atoms with Gasteiger partial charge in [0, 0.05) is 29.2 Å². The Morgan fingerprint density at radius 3 is 2.82 bits per heavy atom. The lowest BCUT2D eigenvalue weighted by Crippen LogP contribution is -2.19. The Morgan fingerprint density at radius 1 is 1.25 bits per heavy atom. The van der Waals surface area contributed by atoms with E-state index in [0.29, 0.717) is 16.5 Å². The number of benzene rings is 2. The van der Waals surface area contributed by atoms with E-state index in [1.165, 1.54) is 12.1 Å². The molecule has 0 fully saturated rings. The Kier molecular flexibility index (Phi) is 4.65. The van der Waals surface area contributed by atoms with Gasteiger partial charge in [-0.3, -0.25) is 4.79 Å². The van der Waals surface area contributed by atoms with Crippen LogP contribution < -0.4 is 10.9 Å². The molecule has 28 heavy (non-hydrogen) atoms. The van der Waals surface area contributed by atoms with E-state index in [9.17, 15) is 9.18 Å². The van der Waals surface area contributed by atoms with Crippen molar-refractivity contribution in [1.82, 2.24) is 14.5 Å². The van der Waals surface area contributed by atoms with Crippen LogP contribution in [0.25, 0.3) is 22.2 Å². The van der Waals surface area contributed by atoms with Crippen molar-refractivity contribution in [3.63, 3.8) is 0 Å². The number of aryl methyl sites for hydroxylation is 1. The second-order valence-corrected chi connectivity index (χ2v) is 7.15. The molecule has 7 heteroatoms. The molecule has 142 valence electrons. The number of halogens is 2. The highest BCUT2D eigenvalue weighted by Gasteiger charge is 2.13. The zero-order valence-corrected chi connectivity index (χ0v) is 16.1. The smallest absolute Gasteiger partial charge is 0.253 e. The van der Waals surface area contributed by atoms with Gasteiger partial charge in [0.1, 0.15) is 5.82 Å². The van der Waals surface area contributed by atoms with E-state index in [0.717, 1.165) is 16.9 Å². The van der Waals surface area contributed by atoms with Crippen LogP contribution in [0.3, 0.4) is 0 Å². The van der Waals surface area contributed by atoms with Crippen LogP contribution in [0.4, 0.5) is 10.1 Å². The molecule has 0 radical (unpaired) electrons. The predicted molar refractivity (Wildman–Crippen MR) is 110 cm³/mol. The van der Waals surface area contributed by atoms with Gasteiger partial charge in [0.15, 0.2) is 0 Å². The van der Waals surface area contributed by atoms with Crippen molar-refractivity contribution in [3.05, 3.63) is 81.7 Å². The number of imidazole rings is 1. The average molecular weight is 397 g/mol. The van der Waals surface area contributed by atoms with Crippen LogP contribution in [0.5, 0.6) is 0 Å². The van der Waals surface area contributed by atoms with Crippen LogP contribution >= 0.6 is 11.6 Å². The van der Waals surface area contributed by atoms with Crippen molar-refractivity contribution in [1.29, 1.82) is 0 Å². The topological polar surface area (TPSA) is 62.7 Å². The highest BCUT2D eigenvalue weighted by Crippen LogP contribution is 2.26. The summed E-state index contributed by atoms with van der Waals surface area (Å²) < 4.78 is 15.6. The molecule has 0 saturated carbocycles. The lowest BCUT2D eigenvalue weighted by molar-refractivity contribution is 0.629. The van der Waals surface area contributed by atoms with Gasteiger partial charge in [0.05, 0.1) is 34.8 Å². The Hall–Kier alpha value is -3.12. The highest BCUT2D eigenvalue weighted by atomic mass is 35.5. The van der Waals surface area contributed by atoms with Gasteiger partial charge in [0.2, 0.25) is 0 Å². The van der Waals surface area contributed by atoms with E-state index in [4.69, 9.17) is 11.6 Å². The SMILES string of the molecule is C[C@H](Nc1cccc(-c2cncn2C)c1)c1cc2cc(Cl)c(F)cc2[nH]c1=O. The Labute approximate surface area is 165 Å². The first-order valence-electron chi connectivity index (χ1n) is 8.77. The number of pyridine rings is 1. The first-order chi connectivity index (χ1) is 13.4. The van der Waals surface area contributed by atoms with Gasteiger partial charge >= 0.3 is 0 Å². The standard InChI is InChI=1S/C21H18ClFN4O/c1-12(16-7-14-8-17(22)18(23)9-19(14)26-21(16)28)25-15-5-3-4-13(6-15)20-10-24-11-27(20)2/h3-12,25H,1-2H3,(H,26,28)/t12-/m0/s1. The summed E-state index contributed by atoms with van der Waals surface area (Å²) in [4.78, 5) is 19.4. The zero-order chi connectivity index (χ0) is 19.8. The molecule has 0 bridgehead atoms. The number of aromatic nitrogens is 3. The van der Waals surface area contributed by atoms with Crippen molar-refractivity contribution in [3.8, 4) is 11.3 Å². The van der Waals surface area contributed by atoms with Gasteiger partial charge in [-0.05, 0) is 37.3 Å². The summed E-state index contributed by atoms with van der Waals surface area (Å²) in [6.07, 6.45) is 3.56. The molecule has 0 aliphatic rings. The number of fused-ring (bicyclic) bond motifs is 1. The number of hydrogen-bond donors (Lipinski definition) is 2. The van der Waals surface area contributed by atoms with Crippen LogP contribution in [0.1, 0.15) is 18.5 Å². The van der Waals surface area contributed by atoms with Crippen molar-refractivity contribution in [2.24, 2.45) is 7.05 Å². The molecular formula is C21H18ClFN4O. The van der Waals surface area contributed by atoms with Gasteiger partial charge < -0.3 is 14.9 Å². The summed E-state index contributed by atoms with van der Waals surface area (Å²) in [6.45, 7) is 1.90. The molecule has 1 atom stereocenters.